The summed E-state index contributed by atoms with van der Waals surface area (Å²) in [4.78, 5) is 0. The summed E-state index contributed by atoms with van der Waals surface area (Å²) in [6.45, 7) is 8.45. The number of nitrogens with two attached hydrogens (primary N) is 1. The first-order chi connectivity index (χ1) is 9.80. The second kappa shape index (κ2) is 4.70. The topological polar surface area (TPSA) is 30.9 Å². The van der Waals surface area contributed by atoms with Crippen LogP contribution < -0.4 is 5.73 Å². The number of rotatable bonds is 1. The Labute approximate surface area is 125 Å². The summed E-state index contributed by atoms with van der Waals surface area (Å²) in [6.07, 6.45) is 1.90. The van der Waals surface area contributed by atoms with E-state index in [4.69, 9.17) is 5.73 Å². The molecule has 1 heterocycles. The maximum Gasteiger partial charge on any atom is 0.147 e. The van der Waals surface area contributed by atoms with Gasteiger partial charge in [0.2, 0.25) is 0 Å². The van der Waals surface area contributed by atoms with Crippen molar-refractivity contribution in [3.63, 3.8) is 0 Å². The van der Waals surface area contributed by atoms with E-state index in [0.717, 1.165) is 24.1 Å². The molecular formula is C18H23FN2. The fourth-order valence-corrected chi connectivity index (χ4v) is 3.67. The maximum atomic E-state index is 14.4. The highest BCUT2D eigenvalue weighted by Gasteiger charge is 2.34. The zero-order valence-corrected chi connectivity index (χ0v) is 13.2. The van der Waals surface area contributed by atoms with Gasteiger partial charge >= 0.3 is 0 Å². The number of nitrogens with zero attached hydrogens (tertiary/aromatic N) is 1. The molecule has 0 saturated carbocycles. The first kappa shape index (κ1) is 14.3. The Bertz CT molecular complexity index is 677. The number of fused-ring (bicyclic) bond motifs is 1. The highest BCUT2D eigenvalue weighted by atomic mass is 19.1. The lowest BCUT2D eigenvalue weighted by molar-refractivity contribution is 0.278. The van der Waals surface area contributed by atoms with Crippen molar-refractivity contribution in [2.24, 2.45) is 11.1 Å². The van der Waals surface area contributed by atoms with E-state index < -0.39 is 0 Å². The highest BCUT2D eigenvalue weighted by Crippen LogP contribution is 2.42. The molecule has 21 heavy (non-hydrogen) atoms. The molecule has 3 heteroatoms. The molecule has 2 aromatic rings. The number of benzene rings is 1. The third-order valence-electron chi connectivity index (χ3n) is 4.55. The van der Waals surface area contributed by atoms with Crippen molar-refractivity contribution in [1.29, 1.82) is 0 Å². The third-order valence-corrected chi connectivity index (χ3v) is 4.55. The third kappa shape index (κ3) is 2.30. The largest absolute Gasteiger partial charge is 0.324 e. The van der Waals surface area contributed by atoms with Crippen LogP contribution in [-0.2, 0) is 6.42 Å². The van der Waals surface area contributed by atoms with Crippen LogP contribution in [0.5, 0.6) is 0 Å². The summed E-state index contributed by atoms with van der Waals surface area (Å²) in [5, 5.41) is 0. The Kier molecular flexibility index (Phi) is 3.21. The smallest absolute Gasteiger partial charge is 0.147 e. The van der Waals surface area contributed by atoms with E-state index >= 15 is 0 Å². The summed E-state index contributed by atoms with van der Waals surface area (Å²) < 4.78 is 16.5. The van der Waals surface area contributed by atoms with Crippen molar-refractivity contribution in [1.82, 2.24) is 4.57 Å². The van der Waals surface area contributed by atoms with Crippen LogP contribution in [0.2, 0.25) is 0 Å². The predicted molar refractivity (Wildman–Crippen MR) is 84.2 cm³/mol. The van der Waals surface area contributed by atoms with Gasteiger partial charge in [-0.1, -0.05) is 26.0 Å². The molecule has 0 spiro atoms. The van der Waals surface area contributed by atoms with Gasteiger partial charge in [0.25, 0.3) is 0 Å². The van der Waals surface area contributed by atoms with Gasteiger partial charge in [-0.2, -0.15) is 0 Å². The Morgan fingerprint density at radius 2 is 2.00 bits per heavy atom. The van der Waals surface area contributed by atoms with Crippen LogP contribution in [0.25, 0.3) is 5.69 Å². The van der Waals surface area contributed by atoms with E-state index in [0.29, 0.717) is 5.69 Å². The Morgan fingerprint density at radius 1 is 1.29 bits per heavy atom. The van der Waals surface area contributed by atoms with Crippen LogP contribution in [-0.4, -0.2) is 4.57 Å². The van der Waals surface area contributed by atoms with Gasteiger partial charge in [-0.3, -0.25) is 0 Å². The van der Waals surface area contributed by atoms with Crippen LogP contribution in [0, 0.1) is 25.1 Å². The van der Waals surface area contributed by atoms with Gasteiger partial charge in [-0.15, -0.1) is 0 Å². The lowest BCUT2D eigenvalue weighted by atomic mass is 9.74. The molecule has 1 aliphatic carbocycles. The minimum atomic E-state index is -0.173. The van der Waals surface area contributed by atoms with E-state index in [2.05, 4.69) is 24.5 Å². The first-order valence-corrected chi connectivity index (χ1v) is 7.52. The summed E-state index contributed by atoms with van der Waals surface area (Å²) in [6, 6.07) is 7.41. The quantitative estimate of drug-likeness (QED) is 0.836. The van der Waals surface area contributed by atoms with Gasteiger partial charge in [0, 0.05) is 17.4 Å². The number of hydrogen-bond acceptors (Lipinski definition) is 1. The van der Waals surface area contributed by atoms with E-state index in [1.165, 1.54) is 17.3 Å². The van der Waals surface area contributed by atoms with Gasteiger partial charge in [0.15, 0.2) is 0 Å². The van der Waals surface area contributed by atoms with Crippen LogP contribution in [0.15, 0.2) is 24.3 Å². The Hall–Kier alpha value is -1.61. The summed E-state index contributed by atoms with van der Waals surface area (Å²) in [7, 11) is 0. The number of hydrogen-bond donors (Lipinski definition) is 1. The molecule has 1 unspecified atom stereocenters. The fourth-order valence-electron chi connectivity index (χ4n) is 3.67. The Morgan fingerprint density at radius 3 is 2.67 bits per heavy atom. The maximum absolute atomic E-state index is 14.4. The summed E-state index contributed by atoms with van der Waals surface area (Å²) in [5.74, 6) is -0.173. The molecule has 0 bridgehead atoms. The second-order valence-electron chi connectivity index (χ2n) is 7.08. The molecule has 0 fully saturated rings. The number of para-hydroxylation sites is 1. The van der Waals surface area contributed by atoms with Crippen LogP contribution in [0.1, 0.15) is 48.8 Å². The summed E-state index contributed by atoms with van der Waals surface area (Å²) >= 11 is 0. The minimum absolute atomic E-state index is 0.0378. The standard InChI is InChI=1S/C18H23FN2/c1-11-6-5-7-14(19)17(11)21-12(2)8-13-15(20)9-18(3,4)10-16(13)21/h5-8,15H,9-10,20H2,1-4H3. The van der Waals surface area contributed by atoms with Gasteiger partial charge in [0.1, 0.15) is 5.82 Å². The van der Waals surface area contributed by atoms with Crippen molar-refractivity contribution >= 4 is 0 Å². The number of aryl methyl sites for hydroxylation is 2. The van der Waals surface area contributed by atoms with Gasteiger partial charge in [-0.05, 0) is 55.4 Å². The fraction of sp³-hybridized carbons (Fsp3) is 0.444. The molecule has 2 N–H and O–H groups in total. The van der Waals surface area contributed by atoms with Crippen LogP contribution >= 0.6 is 0 Å². The average Bonchev–Trinajstić information content (AvgIpc) is 2.66. The van der Waals surface area contributed by atoms with Crippen LogP contribution in [0.3, 0.4) is 0 Å². The normalized spacial score (nSPS) is 20.4. The summed E-state index contributed by atoms with van der Waals surface area (Å²) in [5.41, 5.74) is 11.5. The molecule has 1 atom stereocenters. The predicted octanol–water partition coefficient (Wildman–Crippen LogP) is 4.21. The minimum Gasteiger partial charge on any atom is -0.324 e. The van der Waals surface area contributed by atoms with E-state index in [1.807, 2.05) is 19.9 Å². The molecular weight excluding hydrogens is 263 g/mol. The molecule has 1 aromatic heterocycles. The second-order valence-corrected chi connectivity index (χ2v) is 7.08. The molecule has 0 amide bonds. The van der Waals surface area contributed by atoms with E-state index in [1.54, 1.807) is 6.07 Å². The van der Waals surface area contributed by atoms with E-state index in [9.17, 15) is 4.39 Å². The number of halogens is 1. The SMILES string of the molecule is Cc1cccc(F)c1-n1c(C)cc2c1CC(C)(C)CC2N. The molecule has 1 aromatic carbocycles. The molecule has 3 rings (SSSR count). The average molecular weight is 286 g/mol. The Balaban J connectivity index is 2.26. The molecule has 1 aliphatic rings. The lowest BCUT2D eigenvalue weighted by Gasteiger charge is -2.34. The molecule has 0 radical (unpaired) electrons. The zero-order chi connectivity index (χ0) is 15.4. The monoisotopic (exact) mass is 286 g/mol. The van der Waals surface area contributed by atoms with Crippen molar-refractivity contribution < 1.29 is 4.39 Å². The van der Waals surface area contributed by atoms with Crippen LogP contribution in [0.4, 0.5) is 4.39 Å². The highest BCUT2D eigenvalue weighted by molar-refractivity contribution is 5.49. The molecule has 112 valence electrons. The van der Waals surface area contributed by atoms with E-state index in [-0.39, 0.29) is 17.3 Å². The molecule has 2 nitrogen and oxygen atoms in total. The van der Waals surface area contributed by atoms with Gasteiger partial charge in [-0.25, -0.2) is 4.39 Å². The lowest BCUT2D eigenvalue weighted by Crippen LogP contribution is -2.30. The number of aromatic nitrogens is 1. The molecule has 0 saturated heterocycles. The van der Waals surface area contributed by atoms with Gasteiger partial charge in [0.05, 0.1) is 5.69 Å². The van der Waals surface area contributed by atoms with Crippen molar-refractivity contribution in [3.8, 4) is 5.69 Å². The van der Waals surface area contributed by atoms with Crippen molar-refractivity contribution in [2.75, 3.05) is 0 Å². The van der Waals surface area contributed by atoms with Crippen molar-refractivity contribution in [3.05, 3.63) is 52.6 Å². The zero-order valence-electron chi connectivity index (χ0n) is 13.2. The van der Waals surface area contributed by atoms with Gasteiger partial charge < -0.3 is 10.3 Å². The first-order valence-electron chi connectivity index (χ1n) is 7.52. The van der Waals surface area contributed by atoms with Crippen molar-refractivity contribution in [2.45, 2.75) is 46.6 Å². The molecule has 0 aliphatic heterocycles.